The number of furan rings is 1. The van der Waals surface area contributed by atoms with E-state index in [0.29, 0.717) is 4.90 Å². The van der Waals surface area contributed by atoms with Crippen LogP contribution in [0.2, 0.25) is 10.0 Å². The van der Waals surface area contributed by atoms with Gasteiger partial charge in [0.1, 0.15) is 28.8 Å². The van der Waals surface area contributed by atoms with Crippen LogP contribution in [0.4, 0.5) is 10.5 Å². The molecule has 150 valence electrons. The van der Waals surface area contributed by atoms with E-state index in [1.165, 1.54) is 30.3 Å². The molecular formula is C17H11Cl2N3O7. The third-order valence-electron chi connectivity index (χ3n) is 3.89. The number of rotatable bonds is 5. The number of nitrogens with one attached hydrogen (secondary N) is 1. The number of carbonyl (C=O) groups is 3. The van der Waals surface area contributed by atoms with Crippen LogP contribution in [0.5, 0.6) is 0 Å². The van der Waals surface area contributed by atoms with Gasteiger partial charge < -0.3 is 14.5 Å². The van der Waals surface area contributed by atoms with E-state index in [-0.39, 0.29) is 38.5 Å². The van der Waals surface area contributed by atoms with Crippen molar-refractivity contribution in [1.29, 1.82) is 0 Å². The zero-order valence-corrected chi connectivity index (χ0v) is 16.1. The Kier molecular flexibility index (Phi) is 5.57. The molecule has 1 aromatic heterocycles. The standard InChI is InChI=1S/C17H11Cl2N3O7/c1-28-15(23)7-21-16(24)12(20-17(21)25)4-8-2-3-14(29-8)9-5-13(22(26)27)11(19)6-10(9)18/h2-6H,7H2,1H3,(H,20,25)/b12-4+. The number of ether oxygens (including phenoxy) is 1. The Morgan fingerprint density at radius 1 is 1.31 bits per heavy atom. The van der Waals surface area contributed by atoms with Gasteiger partial charge in [-0.1, -0.05) is 23.2 Å². The summed E-state index contributed by atoms with van der Waals surface area (Å²) in [6.07, 6.45) is 1.25. The summed E-state index contributed by atoms with van der Waals surface area (Å²) >= 11 is 11.9. The number of benzene rings is 1. The number of nitrogens with zero attached hydrogens (tertiary/aromatic N) is 2. The molecule has 2 aromatic rings. The van der Waals surface area contributed by atoms with Gasteiger partial charge >= 0.3 is 12.0 Å². The van der Waals surface area contributed by atoms with Crippen LogP contribution < -0.4 is 5.32 Å². The zero-order chi connectivity index (χ0) is 21.3. The molecule has 2 heterocycles. The van der Waals surface area contributed by atoms with Gasteiger partial charge in [-0.2, -0.15) is 0 Å². The number of urea groups is 1. The molecule has 0 aliphatic carbocycles. The molecule has 0 atom stereocenters. The topological polar surface area (TPSA) is 132 Å². The highest BCUT2D eigenvalue weighted by Crippen LogP contribution is 2.37. The molecule has 3 amide bonds. The van der Waals surface area contributed by atoms with Crippen molar-refractivity contribution in [3.63, 3.8) is 0 Å². The van der Waals surface area contributed by atoms with Crippen LogP contribution in [0.1, 0.15) is 5.76 Å². The molecule has 0 saturated carbocycles. The maximum atomic E-state index is 12.3. The number of hydrogen-bond donors (Lipinski definition) is 1. The fourth-order valence-corrected chi connectivity index (χ4v) is 3.04. The largest absolute Gasteiger partial charge is 0.468 e. The summed E-state index contributed by atoms with van der Waals surface area (Å²) in [5, 5.41) is 13.4. The second-order valence-electron chi connectivity index (χ2n) is 5.70. The Labute approximate surface area is 172 Å². The first-order chi connectivity index (χ1) is 13.7. The molecule has 1 N–H and O–H groups in total. The Balaban J connectivity index is 1.89. The minimum atomic E-state index is -0.783. The molecule has 1 aliphatic rings. The van der Waals surface area contributed by atoms with Gasteiger partial charge in [-0.15, -0.1) is 0 Å². The molecule has 1 fully saturated rings. The summed E-state index contributed by atoms with van der Waals surface area (Å²) in [7, 11) is 1.13. The van der Waals surface area contributed by atoms with E-state index >= 15 is 0 Å². The van der Waals surface area contributed by atoms with Crippen LogP contribution in [0.3, 0.4) is 0 Å². The first kappa shape index (κ1) is 20.4. The summed E-state index contributed by atoms with van der Waals surface area (Å²) in [5.74, 6) is -1.14. The van der Waals surface area contributed by atoms with E-state index in [0.717, 1.165) is 7.11 Å². The third-order valence-corrected chi connectivity index (χ3v) is 4.50. The second-order valence-corrected chi connectivity index (χ2v) is 6.51. The monoisotopic (exact) mass is 439 g/mol. The molecule has 1 aliphatic heterocycles. The Hall–Kier alpha value is -3.37. The molecule has 3 rings (SSSR count). The van der Waals surface area contributed by atoms with Crippen LogP contribution in [0.15, 0.2) is 34.4 Å². The van der Waals surface area contributed by atoms with Gasteiger partial charge in [0, 0.05) is 17.7 Å². The van der Waals surface area contributed by atoms with E-state index in [2.05, 4.69) is 10.1 Å². The predicted molar refractivity (Wildman–Crippen MR) is 101 cm³/mol. The van der Waals surface area contributed by atoms with Crippen LogP contribution in [-0.4, -0.2) is 41.4 Å². The molecule has 0 unspecified atom stereocenters. The zero-order valence-electron chi connectivity index (χ0n) is 14.6. The lowest BCUT2D eigenvalue weighted by Gasteiger charge is -2.08. The fraction of sp³-hybridized carbons (Fsp3) is 0.118. The second kappa shape index (κ2) is 7.94. The number of methoxy groups -OCH3 is 1. The predicted octanol–water partition coefficient (Wildman–Crippen LogP) is 3.23. The Morgan fingerprint density at radius 2 is 2.03 bits per heavy atom. The minimum Gasteiger partial charge on any atom is -0.468 e. The first-order valence-electron chi connectivity index (χ1n) is 7.86. The SMILES string of the molecule is COC(=O)CN1C(=O)N/C(=C/c2ccc(-c3cc([N+](=O)[O-])c(Cl)cc3Cl)o2)C1=O. The van der Waals surface area contributed by atoms with Crippen molar-refractivity contribution in [1.82, 2.24) is 10.2 Å². The number of carbonyl (C=O) groups excluding carboxylic acids is 3. The number of hydrogen-bond acceptors (Lipinski definition) is 7. The normalized spacial score (nSPS) is 15.0. The molecule has 10 nitrogen and oxygen atoms in total. The van der Waals surface area contributed by atoms with Gasteiger partial charge in [0.15, 0.2) is 0 Å². The maximum absolute atomic E-state index is 12.3. The van der Waals surface area contributed by atoms with Gasteiger partial charge in [0.2, 0.25) is 0 Å². The summed E-state index contributed by atoms with van der Waals surface area (Å²) in [6.45, 7) is -0.536. The molecule has 0 spiro atoms. The lowest BCUT2D eigenvalue weighted by molar-refractivity contribution is -0.384. The number of nitro groups is 1. The maximum Gasteiger partial charge on any atom is 0.329 e. The minimum absolute atomic E-state index is 0.118. The van der Waals surface area contributed by atoms with Gasteiger partial charge in [0.25, 0.3) is 11.6 Å². The lowest BCUT2D eigenvalue weighted by Crippen LogP contribution is -2.36. The molecule has 12 heteroatoms. The highest BCUT2D eigenvalue weighted by atomic mass is 35.5. The van der Waals surface area contributed by atoms with Gasteiger partial charge in [-0.05, 0) is 18.2 Å². The average molecular weight is 440 g/mol. The molecule has 0 radical (unpaired) electrons. The van der Waals surface area contributed by atoms with E-state index in [9.17, 15) is 24.5 Å². The molecule has 1 saturated heterocycles. The quantitative estimate of drug-likeness (QED) is 0.248. The highest BCUT2D eigenvalue weighted by molar-refractivity contribution is 6.37. The van der Waals surface area contributed by atoms with Crippen molar-refractivity contribution in [3.8, 4) is 11.3 Å². The van der Waals surface area contributed by atoms with E-state index in [4.69, 9.17) is 27.6 Å². The van der Waals surface area contributed by atoms with E-state index in [1.807, 2.05) is 0 Å². The fourth-order valence-electron chi connectivity index (χ4n) is 2.49. The Bertz CT molecular complexity index is 1080. The van der Waals surface area contributed by atoms with Crippen molar-refractivity contribution in [2.75, 3.05) is 13.7 Å². The van der Waals surface area contributed by atoms with Crippen molar-refractivity contribution >= 4 is 52.9 Å². The number of imide groups is 1. The third kappa shape index (κ3) is 4.08. The average Bonchev–Trinajstić information content (AvgIpc) is 3.21. The number of esters is 1. The van der Waals surface area contributed by atoms with Gasteiger partial charge in [-0.25, -0.2) is 9.69 Å². The number of nitro benzene ring substituents is 1. The smallest absolute Gasteiger partial charge is 0.329 e. The van der Waals surface area contributed by atoms with Crippen LogP contribution in [0, 0.1) is 10.1 Å². The lowest BCUT2D eigenvalue weighted by atomic mass is 10.1. The van der Waals surface area contributed by atoms with Gasteiger partial charge in [-0.3, -0.25) is 19.7 Å². The summed E-state index contributed by atoms with van der Waals surface area (Å²) in [6, 6.07) is 4.57. The number of halogens is 2. The molecule has 29 heavy (non-hydrogen) atoms. The molecular weight excluding hydrogens is 429 g/mol. The Morgan fingerprint density at radius 3 is 2.69 bits per heavy atom. The summed E-state index contributed by atoms with van der Waals surface area (Å²) in [4.78, 5) is 46.5. The van der Waals surface area contributed by atoms with Crippen molar-refractivity contribution in [2.45, 2.75) is 0 Å². The van der Waals surface area contributed by atoms with Crippen molar-refractivity contribution in [3.05, 3.63) is 55.9 Å². The number of amides is 3. The van der Waals surface area contributed by atoms with E-state index in [1.54, 1.807) is 0 Å². The highest BCUT2D eigenvalue weighted by Gasteiger charge is 2.35. The van der Waals surface area contributed by atoms with Gasteiger partial charge in [0.05, 0.1) is 17.1 Å². The van der Waals surface area contributed by atoms with Crippen molar-refractivity contribution < 1.29 is 28.5 Å². The summed E-state index contributed by atoms with van der Waals surface area (Å²) in [5.41, 5.74) is -0.242. The van der Waals surface area contributed by atoms with Crippen molar-refractivity contribution in [2.24, 2.45) is 0 Å². The van der Waals surface area contributed by atoms with Crippen LogP contribution in [-0.2, 0) is 14.3 Å². The van der Waals surface area contributed by atoms with Crippen LogP contribution >= 0.6 is 23.2 Å². The van der Waals surface area contributed by atoms with E-state index < -0.39 is 29.4 Å². The molecule has 1 aromatic carbocycles. The molecule has 0 bridgehead atoms. The summed E-state index contributed by atoms with van der Waals surface area (Å²) < 4.78 is 10.0. The first-order valence-corrected chi connectivity index (χ1v) is 8.62. The van der Waals surface area contributed by atoms with Crippen LogP contribution in [0.25, 0.3) is 17.4 Å².